The Balaban J connectivity index is 3.34. The zero-order valence-corrected chi connectivity index (χ0v) is 4.00. The van der Waals surface area contributed by atoms with Crippen LogP contribution in [0, 0.1) is 10.1 Å². The zero-order valence-electron chi connectivity index (χ0n) is 4.00. The number of hydrogen-bond donors (Lipinski definition) is 1. The van der Waals surface area contributed by atoms with E-state index < -0.39 is 11.0 Å². The van der Waals surface area contributed by atoms with E-state index in [0.717, 1.165) is 0 Å². The van der Waals surface area contributed by atoms with E-state index in [4.69, 9.17) is 5.11 Å². The van der Waals surface area contributed by atoms with Crippen molar-refractivity contribution in [3.63, 3.8) is 0 Å². The van der Waals surface area contributed by atoms with E-state index in [9.17, 15) is 10.1 Å². The van der Waals surface area contributed by atoms with Crippen LogP contribution >= 0.6 is 0 Å². The maximum absolute atomic E-state index is 9.58. The molecule has 1 N–H and O–H groups in total. The van der Waals surface area contributed by atoms with Crippen LogP contribution in [0.25, 0.3) is 0 Å². The van der Waals surface area contributed by atoms with Crippen LogP contribution in [0.5, 0.6) is 0 Å². The van der Waals surface area contributed by atoms with Gasteiger partial charge in [-0.15, -0.1) is 0 Å². The molecular formula is C3H7NO3. The summed E-state index contributed by atoms with van der Waals surface area (Å²) in [5.41, 5.74) is 0. The second-order valence-corrected chi connectivity index (χ2v) is 1.32. The monoisotopic (exact) mass is 105 g/mol. The molecule has 7 heavy (non-hydrogen) atoms. The molecule has 0 bridgehead atoms. The number of nitrogens with zero attached hydrogens (tertiary/aromatic N) is 1. The Kier molecular flexibility index (Phi) is 2.29. The molecule has 0 aromatic carbocycles. The van der Waals surface area contributed by atoms with E-state index in [0.29, 0.717) is 0 Å². The number of rotatable bonds is 2. The number of nitro groups is 1. The van der Waals surface area contributed by atoms with E-state index >= 15 is 0 Å². The van der Waals surface area contributed by atoms with Gasteiger partial charge in [-0.2, -0.15) is 0 Å². The van der Waals surface area contributed by atoms with Crippen LogP contribution in [0.4, 0.5) is 0 Å². The summed E-state index contributed by atoms with van der Waals surface area (Å²) in [5, 5.41) is 17.6. The number of hydrogen-bond acceptors (Lipinski definition) is 3. The Morgan fingerprint density at radius 3 is 2.43 bits per heavy atom. The molecule has 0 saturated carbocycles. The van der Waals surface area contributed by atoms with E-state index in [1.165, 1.54) is 6.92 Å². The van der Waals surface area contributed by atoms with Crippen molar-refractivity contribution < 1.29 is 10.0 Å². The summed E-state index contributed by atoms with van der Waals surface area (Å²) in [6.07, 6.45) is 0. The molecule has 0 aliphatic rings. The minimum Gasteiger partial charge on any atom is -0.389 e. The average Bonchev–Trinajstić information content (AvgIpc) is 1.65. The lowest BCUT2D eigenvalue weighted by Gasteiger charge is -1.94. The highest BCUT2D eigenvalue weighted by atomic mass is 16.6. The Morgan fingerprint density at radius 2 is 2.43 bits per heavy atom. The lowest BCUT2D eigenvalue weighted by atomic mass is 10.4. The van der Waals surface area contributed by atoms with E-state index in [1.807, 2.05) is 0 Å². The van der Waals surface area contributed by atoms with Crippen molar-refractivity contribution >= 4 is 0 Å². The molecule has 0 radical (unpaired) electrons. The van der Waals surface area contributed by atoms with Gasteiger partial charge >= 0.3 is 0 Å². The summed E-state index contributed by atoms with van der Waals surface area (Å²) >= 11 is 0. The van der Waals surface area contributed by atoms with Gasteiger partial charge in [-0.05, 0) is 0 Å². The average molecular weight is 105 g/mol. The highest BCUT2D eigenvalue weighted by Crippen LogP contribution is 1.81. The SMILES string of the molecule is C[C@@H](CO)[N+](=O)[O-]. The molecule has 0 fully saturated rings. The molecule has 0 aliphatic carbocycles. The Hall–Kier alpha value is -0.640. The van der Waals surface area contributed by atoms with Crippen LogP contribution in [0.2, 0.25) is 0 Å². The van der Waals surface area contributed by atoms with Gasteiger partial charge in [0.1, 0.15) is 6.61 Å². The second-order valence-electron chi connectivity index (χ2n) is 1.32. The molecule has 0 heterocycles. The van der Waals surface area contributed by atoms with Crippen molar-refractivity contribution in [3.05, 3.63) is 10.1 Å². The normalized spacial score (nSPS) is 13.4. The molecule has 0 amide bonds. The molecule has 42 valence electrons. The van der Waals surface area contributed by atoms with Crippen LogP contribution in [0.3, 0.4) is 0 Å². The number of aliphatic hydroxyl groups excluding tert-OH is 1. The molecule has 0 aromatic rings. The van der Waals surface area contributed by atoms with Crippen LogP contribution in [0.15, 0.2) is 0 Å². The molecule has 4 nitrogen and oxygen atoms in total. The lowest BCUT2D eigenvalue weighted by molar-refractivity contribution is -0.521. The molecule has 0 aromatic heterocycles. The molecule has 0 spiro atoms. The predicted octanol–water partition coefficient (Wildman–Crippen LogP) is -0.356. The smallest absolute Gasteiger partial charge is 0.233 e. The molecule has 4 heteroatoms. The first-order chi connectivity index (χ1) is 3.18. The van der Waals surface area contributed by atoms with Crippen molar-refractivity contribution in [2.24, 2.45) is 0 Å². The van der Waals surface area contributed by atoms with Crippen LogP contribution < -0.4 is 0 Å². The van der Waals surface area contributed by atoms with Crippen LogP contribution in [-0.2, 0) is 0 Å². The van der Waals surface area contributed by atoms with Crippen molar-refractivity contribution in [1.29, 1.82) is 0 Å². The minimum absolute atomic E-state index is 0.382. The Labute approximate surface area is 40.9 Å². The van der Waals surface area contributed by atoms with Crippen LogP contribution in [0.1, 0.15) is 6.92 Å². The first kappa shape index (κ1) is 6.36. The van der Waals surface area contributed by atoms with Gasteiger partial charge in [-0.1, -0.05) is 0 Å². The van der Waals surface area contributed by atoms with E-state index in [-0.39, 0.29) is 6.61 Å². The van der Waals surface area contributed by atoms with E-state index in [1.54, 1.807) is 0 Å². The zero-order chi connectivity index (χ0) is 5.86. The molecule has 0 saturated heterocycles. The summed E-state index contributed by atoms with van der Waals surface area (Å²) in [4.78, 5) is 9.05. The molecule has 0 rings (SSSR count). The third kappa shape index (κ3) is 2.11. The van der Waals surface area contributed by atoms with Gasteiger partial charge in [-0.25, -0.2) is 0 Å². The first-order valence-electron chi connectivity index (χ1n) is 1.93. The summed E-state index contributed by atoms with van der Waals surface area (Å²) in [7, 11) is 0. The Morgan fingerprint density at radius 1 is 2.00 bits per heavy atom. The quantitative estimate of drug-likeness (QED) is 0.385. The van der Waals surface area contributed by atoms with Gasteiger partial charge in [0.2, 0.25) is 6.04 Å². The first-order valence-corrected chi connectivity index (χ1v) is 1.93. The van der Waals surface area contributed by atoms with Crippen molar-refractivity contribution in [2.75, 3.05) is 6.61 Å². The van der Waals surface area contributed by atoms with Gasteiger partial charge in [0.25, 0.3) is 0 Å². The third-order valence-electron chi connectivity index (χ3n) is 0.624. The van der Waals surface area contributed by atoms with Crippen molar-refractivity contribution in [3.8, 4) is 0 Å². The van der Waals surface area contributed by atoms with Gasteiger partial charge in [0, 0.05) is 11.8 Å². The minimum atomic E-state index is -0.819. The molecule has 0 unspecified atom stereocenters. The maximum Gasteiger partial charge on any atom is 0.233 e. The topological polar surface area (TPSA) is 63.4 Å². The van der Waals surface area contributed by atoms with Gasteiger partial charge < -0.3 is 5.11 Å². The lowest BCUT2D eigenvalue weighted by Crippen LogP contribution is -2.18. The molecule has 1 atom stereocenters. The summed E-state index contributed by atoms with van der Waals surface area (Å²) in [5.74, 6) is 0. The largest absolute Gasteiger partial charge is 0.389 e. The second kappa shape index (κ2) is 2.52. The van der Waals surface area contributed by atoms with E-state index in [2.05, 4.69) is 0 Å². The van der Waals surface area contributed by atoms with Gasteiger partial charge in [0.05, 0.1) is 0 Å². The molecular weight excluding hydrogens is 98.0 g/mol. The van der Waals surface area contributed by atoms with Crippen LogP contribution in [-0.4, -0.2) is 22.7 Å². The highest BCUT2D eigenvalue weighted by molar-refractivity contribution is 4.39. The summed E-state index contributed by atoms with van der Waals surface area (Å²) in [6.45, 7) is 0.965. The fourth-order valence-corrected chi connectivity index (χ4v) is 0.0667. The fraction of sp³-hybridized carbons (Fsp3) is 1.00. The fourth-order valence-electron chi connectivity index (χ4n) is 0.0667. The standard InChI is InChI=1S/C3H7NO3/c1-3(2-5)4(6)7/h3,5H,2H2,1H3/t3-/m0/s1. The maximum atomic E-state index is 9.58. The third-order valence-corrected chi connectivity index (χ3v) is 0.624. The van der Waals surface area contributed by atoms with Gasteiger partial charge in [0.15, 0.2) is 0 Å². The molecule has 0 aliphatic heterocycles. The number of aliphatic hydroxyl groups is 1. The Bertz CT molecular complexity index is 72.6. The van der Waals surface area contributed by atoms with Crippen molar-refractivity contribution in [2.45, 2.75) is 13.0 Å². The van der Waals surface area contributed by atoms with Gasteiger partial charge in [-0.3, -0.25) is 10.1 Å². The predicted molar refractivity (Wildman–Crippen MR) is 23.5 cm³/mol. The summed E-state index contributed by atoms with van der Waals surface area (Å²) < 4.78 is 0. The highest BCUT2D eigenvalue weighted by Gasteiger charge is 2.07. The summed E-state index contributed by atoms with van der Waals surface area (Å²) in [6, 6.07) is -0.819. The van der Waals surface area contributed by atoms with Crippen molar-refractivity contribution in [1.82, 2.24) is 0 Å².